The maximum atomic E-state index is 11.0. The van der Waals surface area contributed by atoms with Crippen molar-refractivity contribution in [2.75, 3.05) is 0 Å². The molecule has 1 saturated carbocycles. The monoisotopic (exact) mass is 272 g/mol. The lowest BCUT2D eigenvalue weighted by Gasteiger charge is -2.11. The third-order valence-corrected chi connectivity index (χ3v) is 4.23. The van der Waals surface area contributed by atoms with E-state index < -0.39 is 5.97 Å². The molecule has 1 fully saturated rings. The number of hydrogen-bond acceptors (Lipinski definition) is 2. The molecule has 1 aliphatic rings. The van der Waals surface area contributed by atoms with Gasteiger partial charge in [0.1, 0.15) is 5.82 Å². The summed E-state index contributed by atoms with van der Waals surface area (Å²) in [6.07, 6.45) is 8.94. The lowest BCUT2D eigenvalue weighted by molar-refractivity contribution is 0.0697. The quantitative estimate of drug-likeness (QED) is 0.836. The highest BCUT2D eigenvalue weighted by Crippen LogP contribution is 2.26. The van der Waals surface area contributed by atoms with Crippen LogP contribution in [0.4, 0.5) is 0 Å². The first-order valence-corrected chi connectivity index (χ1v) is 7.44. The van der Waals surface area contributed by atoms with Gasteiger partial charge in [-0.2, -0.15) is 0 Å². The summed E-state index contributed by atoms with van der Waals surface area (Å²) >= 11 is 0. The molecule has 20 heavy (non-hydrogen) atoms. The molecule has 0 unspecified atom stereocenters. The molecule has 2 N–H and O–H groups in total. The highest BCUT2D eigenvalue weighted by atomic mass is 16.4. The van der Waals surface area contributed by atoms with Crippen LogP contribution in [0.1, 0.15) is 54.7 Å². The van der Waals surface area contributed by atoms with Gasteiger partial charge in [0.05, 0.1) is 16.6 Å². The summed E-state index contributed by atoms with van der Waals surface area (Å²) in [5, 5.41) is 9.01. The Labute approximate surface area is 118 Å². The third-order valence-electron chi connectivity index (χ3n) is 4.23. The maximum Gasteiger partial charge on any atom is 0.335 e. The molecule has 0 spiro atoms. The van der Waals surface area contributed by atoms with Crippen molar-refractivity contribution in [2.24, 2.45) is 5.92 Å². The molecule has 1 aliphatic carbocycles. The molecule has 4 heteroatoms. The number of aromatic amines is 1. The smallest absolute Gasteiger partial charge is 0.335 e. The van der Waals surface area contributed by atoms with Crippen molar-refractivity contribution < 1.29 is 9.90 Å². The van der Waals surface area contributed by atoms with Crippen molar-refractivity contribution >= 4 is 17.0 Å². The first kappa shape index (κ1) is 13.2. The standard InChI is InChI=1S/C16H20N2O2/c19-16(20)12-7-8-13-14(10-12)18-15(17-13)9-11-5-3-1-2-4-6-11/h7-8,10-11H,1-6,9H2,(H,17,18)(H,19,20). The van der Waals surface area contributed by atoms with Gasteiger partial charge in [-0.05, 0) is 24.1 Å². The normalized spacial score (nSPS) is 17.2. The zero-order valence-corrected chi connectivity index (χ0v) is 11.6. The number of rotatable bonds is 3. The Morgan fingerprint density at radius 1 is 1.25 bits per heavy atom. The molecule has 1 aromatic heterocycles. The van der Waals surface area contributed by atoms with Crippen molar-refractivity contribution in [3.05, 3.63) is 29.6 Å². The average molecular weight is 272 g/mol. The SMILES string of the molecule is O=C(O)c1ccc2nc(CC3CCCCCC3)[nH]c2c1. The van der Waals surface area contributed by atoms with Gasteiger partial charge in [0.15, 0.2) is 0 Å². The van der Waals surface area contributed by atoms with Gasteiger partial charge >= 0.3 is 5.97 Å². The van der Waals surface area contributed by atoms with Gasteiger partial charge in [0.25, 0.3) is 0 Å². The van der Waals surface area contributed by atoms with Gasteiger partial charge in [0.2, 0.25) is 0 Å². The summed E-state index contributed by atoms with van der Waals surface area (Å²) in [4.78, 5) is 18.8. The highest BCUT2D eigenvalue weighted by molar-refractivity contribution is 5.92. The molecule has 3 rings (SSSR count). The highest BCUT2D eigenvalue weighted by Gasteiger charge is 2.15. The maximum absolute atomic E-state index is 11.0. The van der Waals surface area contributed by atoms with Crippen molar-refractivity contribution in [3.63, 3.8) is 0 Å². The molecule has 2 aromatic rings. The Morgan fingerprint density at radius 2 is 2.00 bits per heavy atom. The zero-order chi connectivity index (χ0) is 13.9. The number of aromatic nitrogens is 2. The second-order valence-electron chi connectivity index (χ2n) is 5.78. The minimum absolute atomic E-state index is 0.308. The summed E-state index contributed by atoms with van der Waals surface area (Å²) in [5.74, 6) is 0.818. The van der Waals surface area contributed by atoms with Crippen LogP contribution in [-0.4, -0.2) is 21.0 Å². The van der Waals surface area contributed by atoms with E-state index in [1.807, 2.05) is 0 Å². The first-order valence-electron chi connectivity index (χ1n) is 7.44. The van der Waals surface area contributed by atoms with E-state index in [9.17, 15) is 4.79 Å². The number of carboxylic acids is 1. The van der Waals surface area contributed by atoms with Crippen LogP contribution in [-0.2, 0) is 6.42 Å². The fraction of sp³-hybridized carbons (Fsp3) is 0.500. The Bertz CT molecular complexity index is 610. The zero-order valence-electron chi connectivity index (χ0n) is 11.6. The lowest BCUT2D eigenvalue weighted by atomic mass is 9.96. The van der Waals surface area contributed by atoms with Crippen LogP contribution in [0.3, 0.4) is 0 Å². The van der Waals surface area contributed by atoms with E-state index in [2.05, 4.69) is 9.97 Å². The van der Waals surface area contributed by atoms with E-state index in [0.717, 1.165) is 29.2 Å². The molecule has 0 saturated heterocycles. The van der Waals surface area contributed by atoms with Gasteiger partial charge in [-0.15, -0.1) is 0 Å². The number of carboxylic acid groups (broad SMARTS) is 1. The topological polar surface area (TPSA) is 66.0 Å². The van der Waals surface area contributed by atoms with Crippen LogP contribution in [0.5, 0.6) is 0 Å². The van der Waals surface area contributed by atoms with Crippen molar-refractivity contribution in [1.29, 1.82) is 0 Å². The number of carbonyl (C=O) groups is 1. The minimum Gasteiger partial charge on any atom is -0.478 e. The van der Waals surface area contributed by atoms with Crippen molar-refractivity contribution in [1.82, 2.24) is 9.97 Å². The number of hydrogen-bond donors (Lipinski definition) is 2. The Hall–Kier alpha value is -1.84. The Kier molecular flexibility index (Phi) is 3.72. The molecule has 0 amide bonds. The van der Waals surface area contributed by atoms with Gasteiger partial charge < -0.3 is 10.1 Å². The second kappa shape index (κ2) is 5.65. The molecule has 106 valence electrons. The fourth-order valence-corrected chi connectivity index (χ4v) is 3.13. The number of imidazole rings is 1. The van der Waals surface area contributed by atoms with Crippen molar-refractivity contribution in [3.8, 4) is 0 Å². The summed E-state index contributed by atoms with van der Waals surface area (Å²) in [7, 11) is 0. The first-order chi connectivity index (χ1) is 9.72. The lowest BCUT2D eigenvalue weighted by Crippen LogP contribution is -2.04. The van der Waals surface area contributed by atoms with E-state index in [1.165, 1.54) is 38.5 Å². The van der Waals surface area contributed by atoms with Crippen LogP contribution in [0.25, 0.3) is 11.0 Å². The van der Waals surface area contributed by atoms with Gasteiger partial charge in [0, 0.05) is 6.42 Å². The van der Waals surface area contributed by atoms with Crippen LogP contribution < -0.4 is 0 Å². The number of nitrogens with one attached hydrogen (secondary N) is 1. The van der Waals surface area contributed by atoms with E-state index in [4.69, 9.17) is 5.11 Å². The summed E-state index contributed by atoms with van der Waals surface area (Å²) in [6, 6.07) is 5.06. The number of aromatic carboxylic acids is 1. The summed E-state index contributed by atoms with van der Waals surface area (Å²) in [5.41, 5.74) is 1.99. The molecule has 0 radical (unpaired) electrons. The van der Waals surface area contributed by atoms with Crippen LogP contribution in [0, 0.1) is 5.92 Å². The number of nitrogens with zero attached hydrogens (tertiary/aromatic N) is 1. The largest absolute Gasteiger partial charge is 0.478 e. The average Bonchev–Trinajstić information content (AvgIpc) is 2.64. The van der Waals surface area contributed by atoms with Crippen LogP contribution in [0.15, 0.2) is 18.2 Å². The summed E-state index contributed by atoms with van der Waals surface area (Å²) < 4.78 is 0. The number of fused-ring (bicyclic) bond motifs is 1. The molecule has 4 nitrogen and oxygen atoms in total. The van der Waals surface area contributed by atoms with Crippen LogP contribution in [0.2, 0.25) is 0 Å². The molecular formula is C16H20N2O2. The van der Waals surface area contributed by atoms with Gasteiger partial charge in [-0.1, -0.05) is 38.5 Å². The fourth-order valence-electron chi connectivity index (χ4n) is 3.13. The number of H-pyrrole nitrogens is 1. The Morgan fingerprint density at radius 3 is 2.70 bits per heavy atom. The second-order valence-corrected chi connectivity index (χ2v) is 5.78. The molecule has 0 atom stereocenters. The predicted molar refractivity (Wildman–Crippen MR) is 77.9 cm³/mol. The van der Waals surface area contributed by atoms with E-state index in [0.29, 0.717) is 5.56 Å². The van der Waals surface area contributed by atoms with Gasteiger partial charge in [-0.25, -0.2) is 9.78 Å². The van der Waals surface area contributed by atoms with E-state index in [-0.39, 0.29) is 0 Å². The molecule has 0 bridgehead atoms. The van der Waals surface area contributed by atoms with E-state index >= 15 is 0 Å². The molecule has 0 aliphatic heterocycles. The van der Waals surface area contributed by atoms with E-state index in [1.54, 1.807) is 18.2 Å². The summed E-state index contributed by atoms with van der Waals surface area (Å²) in [6.45, 7) is 0. The minimum atomic E-state index is -0.896. The molecule has 1 heterocycles. The third kappa shape index (κ3) is 2.84. The predicted octanol–water partition coefficient (Wildman–Crippen LogP) is 3.77. The molecule has 1 aromatic carbocycles. The van der Waals surface area contributed by atoms with Gasteiger partial charge in [-0.3, -0.25) is 0 Å². The Balaban J connectivity index is 1.79. The van der Waals surface area contributed by atoms with Crippen LogP contribution >= 0.6 is 0 Å². The van der Waals surface area contributed by atoms with Crippen molar-refractivity contribution in [2.45, 2.75) is 44.9 Å². The molecular weight excluding hydrogens is 252 g/mol. The number of benzene rings is 1.